The highest BCUT2D eigenvalue weighted by Gasteiger charge is 2.34. The molecular formula is C15H15FN2O3. The molecule has 3 rings (SSSR count). The third kappa shape index (κ3) is 2.54. The van der Waals surface area contributed by atoms with Crippen LogP contribution in [-0.2, 0) is 4.74 Å². The standard InChI is InChI=1S/C15H15FN2O3/c1-21-12(8-6-7-8)13-17-14(19)11(15(20)18-13)9-4-2-3-5-10(9)16/h2-5,8,12H,6-7H2,1H3,(H2,17,18,19,20). The predicted octanol–water partition coefficient (Wildman–Crippen LogP) is 2.38. The largest absolute Gasteiger partial charge is 0.493 e. The number of hydrogen-bond acceptors (Lipinski definition) is 4. The summed E-state index contributed by atoms with van der Waals surface area (Å²) in [6, 6.07) is 5.76. The van der Waals surface area contributed by atoms with E-state index in [1.165, 1.54) is 25.3 Å². The number of nitrogens with zero attached hydrogens (tertiary/aromatic N) is 1. The van der Waals surface area contributed by atoms with Gasteiger partial charge in [-0.15, -0.1) is 0 Å². The van der Waals surface area contributed by atoms with Gasteiger partial charge in [0, 0.05) is 12.7 Å². The van der Waals surface area contributed by atoms with Crippen molar-refractivity contribution in [2.24, 2.45) is 5.92 Å². The van der Waals surface area contributed by atoms with Crippen LogP contribution in [0.4, 0.5) is 4.39 Å². The normalized spacial score (nSPS) is 15.9. The van der Waals surface area contributed by atoms with E-state index in [1.807, 2.05) is 0 Å². The van der Waals surface area contributed by atoms with E-state index in [1.54, 1.807) is 6.07 Å². The summed E-state index contributed by atoms with van der Waals surface area (Å²) in [5.41, 5.74) is -0.719. The van der Waals surface area contributed by atoms with Gasteiger partial charge in [-0.25, -0.2) is 4.39 Å². The van der Waals surface area contributed by atoms with Gasteiger partial charge in [-0.05, 0) is 24.8 Å². The molecule has 1 saturated carbocycles. The maximum absolute atomic E-state index is 13.8. The first kappa shape index (κ1) is 13.8. The molecule has 1 heterocycles. The zero-order valence-electron chi connectivity index (χ0n) is 11.5. The first-order chi connectivity index (χ1) is 10.1. The van der Waals surface area contributed by atoms with Gasteiger partial charge in [-0.2, -0.15) is 4.98 Å². The molecule has 0 bridgehead atoms. The van der Waals surface area contributed by atoms with Crippen LogP contribution in [0.25, 0.3) is 11.1 Å². The Morgan fingerprint density at radius 2 is 2.14 bits per heavy atom. The zero-order chi connectivity index (χ0) is 15.0. The molecule has 0 radical (unpaired) electrons. The number of benzene rings is 1. The molecule has 110 valence electrons. The number of aromatic hydroxyl groups is 1. The zero-order valence-corrected chi connectivity index (χ0v) is 11.5. The van der Waals surface area contributed by atoms with Crippen molar-refractivity contribution in [3.8, 4) is 17.0 Å². The molecule has 21 heavy (non-hydrogen) atoms. The number of halogens is 1. The molecule has 1 unspecified atom stereocenters. The molecule has 0 saturated heterocycles. The maximum atomic E-state index is 13.8. The summed E-state index contributed by atoms with van der Waals surface area (Å²) < 4.78 is 19.1. The number of rotatable bonds is 4. The first-order valence-corrected chi connectivity index (χ1v) is 6.72. The van der Waals surface area contributed by atoms with Crippen molar-refractivity contribution in [2.75, 3.05) is 7.11 Å². The number of ether oxygens (including phenoxy) is 1. The molecule has 1 aliphatic rings. The van der Waals surface area contributed by atoms with Crippen LogP contribution in [0.2, 0.25) is 0 Å². The van der Waals surface area contributed by atoms with E-state index in [-0.39, 0.29) is 23.1 Å². The van der Waals surface area contributed by atoms with E-state index in [4.69, 9.17) is 4.74 Å². The number of aromatic nitrogens is 2. The summed E-state index contributed by atoms with van der Waals surface area (Å²) in [6.07, 6.45) is 1.65. The van der Waals surface area contributed by atoms with Crippen molar-refractivity contribution in [1.82, 2.24) is 9.97 Å². The van der Waals surface area contributed by atoms with Gasteiger partial charge in [0.2, 0.25) is 5.88 Å². The minimum absolute atomic E-state index is 0.0238. The minimum Gasteiger partial charge on any atom is -0.493 e. The van der Waals surface area contributed by atoms with E-state index in [2.05, 4.69) is 9.97 Å². The van der Waals surface area contributed by atoms with E-state index in [0.29, 0.717) is 5.92 Å². The van der Waals surface area contributed by atoms with Gasteiger partial charge in [0.1, 0.15) is 23.3 Å². The van der Waals surface area contributed by atoms with Gasteiger partial charge in [0.25, 0.3) is 5.56 Å². The third-order valence-corrected chi connectivity index (χ3v) is 3.64. The lowest BCUT2D eigenvalue weighted by molar-refractivity contribution is 0.0764. The van der Waals surface area contributed by atoms with E-state index < -0.39 is 17.3 Å². The first-order valence-electron chi connectivity index (χ1n) is 6.72. The summed E-state index contributed by atoms with van der Waals surface area (Å²) in [6.45, 7) is 0. The molecule has 2 aromatic rings. The summed E-state index contributed by atoms with van der Waals surface area (Å²) >= 11 is 0. The average molecular weight is 290 g/mol. The number of nitrogens with one attached hydrogen (secondary N) is 1. The quantitative estimate of drug-likeness (QED) is 0.906. The fraction of sp³-hybridized carbons (Fsp3) is 0.333. The Balaban J connectivity index is 2.09. The summed E-state index contributed by atoms with van der Waals surface area (Å²) in [7, 11) is 1.53. The van der Waals surface area contributed by atoms with Gasteiger partial charge < -0.3 is 14.8 Å². The maximum Gasteiger partial charge on any atom is 0.262 e. The van der Waals surface area contributed by atoms with Gasteiger partial charge in [0.15, 0.2) is 0 Å². The fourth-order valence-corrected chi connectivity index (χ4v) is 2.45. The van der Waals surface area contributed by atoms with Crippen LogP contribution in [-0.4, -0.2) is 22.2 Å². The van der Waals surface area contributed by atoms with Crippen LogP contribution in [0.5, 0.6) is 5.88 Å². The van der Waals surface area contributed by atoms with Gasteiger partial charge in [0.05, 0.1) is 0 Å². The summed E-state index contributed by atoms with van der Waals surface area (Å²) in [4.78, 5) is 18.8. The van der Waals surface area contributed by atoms with Crippen molar-refractivity contribution in [1.29, 1.82) is 0 Å². The Bertz CT molecular complexity index is 725. The van der Waals surface area contributed by atoms with Gasteiger partial charge >= 0.3 is 0 Å². The van der Waals surface area contributed by atoms with Crippen LogP contribution in [0.1, 0.15) is 24.8 Å². The van der Waals surface area contributed by atoms with E-state index in [0.717, 1.165) is 12.8 Å². The summed E-state index contributed by atoms with van der Waals surface area (Å²) in [5.74, 6) is -0.487. The highest BCUT2D eigenvalue weighted by atomic mass is 19.1. The lowest BCUT2D eigenvalue weighted by atomic mass is 10.1. The molecule has 1 atom stereocenters. The summed E-state index contributed by atoms with van der Waals surface area (Å²) in [5, 5.41) is 10.0. The monoisotopic (exact) mass is 290 g/mol. The second-order valence-corrected chi connectivity index (χ2v) is 5.12. The third-order valence-electron chi connectivity index (χ3n) is 3.64. The molecule has 0 aliphatic heterocycles. The molecule has 6 heteroatoms. The van der Waals surface area contributed by atoms with Crippen LogP contribution in [0.3, 0.4) is 0 Å². The predicted molar refractivity (Wildman–Crippen MR) is 74.4 cm³/mol. The lowest BCUT2D eigenvalue weighted by Crippen LogP contribution is -2.18. The number of aromatic amines is 1. The molecule has 5 nitrogen and oxygen atoms in total. The number of methoxy groups -OCH3 is 1. The molecular weight excluding hydrogens is 275 g/mol. The van der Waals surface area contributed by atoms with Crippen LogP contribution >= 0.6 is 0 Å². The molecule has 0 amide bonds. The molecule has 1 fully saturated rings. The second-order valence-electron chi connectivity index (χ2n) is 5.12. The Kier molecular flexibility index (Phi) is 3.47. The van der Waals surface area contributed by atoms with E-state index in [9.17, 15) is 14.3 Å². The smallest absolute Gasteiger partial charge is 0.262 e. The Morgan fingerprint density at radius 3 is 2.71 bits per heavy atom. The molecule has 1 aromatic heterocycles. The molecule has 0 spiro atoms. The number of H-pyrrole nitrogens is 1. The Hall–Kier alpha value is -2.21. The minimum atomic E-state index is -0.585. The van der Waals surface area contributed by atoms with Crippen LogP contribution in [0.15, 0.2) is 29.1 Å². The Labute approximate surface area is 120 Å². The van der Waals surface area contributed by atoms with Crippen molar-refractivity contribution in [3.63, 3.8) is 0 Å². The second kappa shape index (κ2) is 5.29. The highest BCUT2D eigenvalue weighted by Crippen LogP contribution is 2.42. The Morgan fingerprint density at radius 1 is 1.43 bits per heavy atom. The average Bonchev–Trinajstić information content (AvgIpc) is 3.26. The van der Waals surface area contributed by atoms with Crippen molar-refractivity contribution < 1.29 is 14.2 Å². The molecule has 2 N–H and O–H groups in total. The molecule has 1 aromatic carbocycles. The topological polar surface area (TPSA) is 75.2 Å². The van der Waals surface area contributed by atoms with Gasteiger partial charge in [-0.1, -0.05) is 18.2 Å². The lowest BCUT2D eigenvalue weighted by Gasteiger charge is -2.14. The van der Waals surface area contributed by atoms with Gasteiger partial charge in [-0.3, -0.25) is 4.79 Å². The number of hydrogen-bond donors (Lipinski definition) is 2. The highest BCUT2D eigenvalue weighted by molar-refractivity contribution is 5.67. The van der Waals surface area contributed by atoms with Crippen molar-refractivity contribution in [2.45, 2.75) is 18.9 Å². The van der Waals surface area contributed by atoms with Crippen LogP contribution < -0.4 is 5.56 Å². The SMILES string of the molecule is COC(c1nc(O)c(-c2ccccc2F)c(=O)[nH]1)C1CC1. The fourth-order valence-electron chi connectivity index (χ4n) is 2.45. The molecule has 1 aliphatic carbocycles. The van der Waals surface area contributed by atoms with Crippen LogP contribution in [0, 0.1) is 11.7 Å². The van der Waals surface area contributed by atoms with E-state index >= 15 is 0 Å². The van der Waals surface area contributed by atoms with Crippen molar-refractivity contribution in [3.05, 3.63) is 46.3 Å². The van der Waals surface area contributed by atoms with Crippen molar-refractivity contribution >= 4 is 0 Å².